The number of hydrogen-bond acceptors (Lipinski definition) is 4. The second-order valence-electron chi connectivity index (χ2n) is 7.03. The predicted molar refractivity (Wildman–Crippen MR) is 96.9 cm³/mol. The molecule has 138 valence electrons. The molecular formula is C18H28N4O3. The van der Waals surface area contributed by atoms with Crippen molar-refractivity contribution in [1.82, 2.24) is 18.7 Å². The van der Waals surface area contributed by atoms with Crippen LogP contribution in [0.4, 0.5) is 0 Å². The maximum Gasteiger partial charge on any atom is 0.332 e. The molecule has 0 radical (unpaired) electrons. The third kappa shape index (κ3) is 4.21. The normalized spacial score (nSPS) is 16.6. The highest BCUT2D eigenvalue weighted by Crippen LogP contribution is 2.18. The molecule has 3 heterocycles. The molecule has 0 aliphatic carbocycles. The molecule has 1 fully saturated rings. The summed E-state index contributed by atoms with van der Waals surface area (Å²) in [6, 6.07) is 0. The van der Waals surface area contributed by atoms with Crippen LogP contribution in [0.15, 0.2) is 15.9 Å². The number of aromatic nitrogens is 4. The fraction of sp³-hybridized carbons (Fsp3) is 0.722. The van der Waals surface area contributed by atoms with Crippen molar-refractivity contribution in [2.24, 2.45) is 14.1 Å². The maximum absolute atomic E-state index is 12.4. The third-order valence-corrected chi connectivity index (χ3v) is 5.04. The van der Waals surface area contributed by atoms with E-state index < -0.39 is 0 Å². The van der Waals surface area contributed by atoms with E-state index in [0.717, 1.165) is 30.6 Å². The monoisotopic (exact) mass is 348 g/mol. The Morgan fingerprint density at radius 1 is 1.04 bits per heavy atom. The van der Waals surface area contributed by atoms with Crippen molar-refractivity contribution >= 4 is 11.2 Å². The molecular weight excluding hydrogens is 320 g/mol. The number of hydrogen-bond donors (Lipinski definition) is 0. The van der Waals surface area contributed by atoms with Crippen LogP contribution >= 0.6 is 0 Å². The van der Waals surface area contributed by atoms with Crippen molar-refractivity contribution in [3.8, 4) is 0 Å². The predicted octanol–water partition coefficient (Wildman–Crippen LogP) is 1.95. The van der Waals surface area contributed by atoms with Gasteiger partial charge < -0.3 is 9.30 Å². The van der Waals surface area contributed by atoms with Gasteiger partial charge in [0.2, 0.25) is 0 Å². The molecule has 1 aliphatic rings. The molecule has 7 nitrogen and oxygen atoms in total. The SMILES string of the molecule is Cn1c(=O)c2c(ncn2CCCCCCCCCC2CO2)n(C)c1=O. The number of epoxide rings is 1. The molecule has 0 saturated carbocycles. The van der Waals surface area contributed by atoms with Crippen LogP contribution < -0.4 is 11.2 Å². The van der Waals surface area contributed by atoms with Crippen LogP contribution in [0.25, 0.3) is 11.2 Å². The summed E-state index contributed by atoms with van der Waals surface area (Å²) in [6.07, 6.45) is 12.0. The number of rotatable bonds is 10. The molecule has 0 N–H and O–H groups in total. The molecule has 2 aromatic heterocycles. The highest BCUT2D eigenvalue weighted by atomic mass is 16.6. The second kappa shape index (κ2) is 7.99. The Labute approximate surface area is 147 Å². The number of ether oxygens (including phenoxy) is 1. The zero-order valence-corrected chi connectivity index (χ0v) is 15.2. The van der Waals surface area contributed by atoms with Crippen LogP contribution in [0.2, 0.25) is 0 Å². The van der Waals surface area contributed by atoms with Gasteiger partial charge in [0.25, 0.3) is 5.56 Å². The summed E-state index contributed by atoms with van der Waals surface area (Å²) in [5, 5.41) is 0. The average Bonchev–Trinajstić information content (AvgIpc) is 3.34. The van der Waals surface area contributed by atoms with Gasteiger partial charge >= 0.3 is 5.69 Å². The zero-order chi connectivity index (χ0) is 17.8. The summed E-state index contributed by atoms with van der Waals surface area (Å²) in [5.41, 5.74) is 0.380. The number of imidazole rings is 1. The lowest BCUT2D eigenvalue weighted by Gasteiger charge is -2.07. The number of unbranched alkanes of at least 4 members (excludes halogenated alkanes) is 6. The van der Waals surface area contributed by atoms with Gasteiger partial charge in [0.1, 0.15) is 0 Å². The first kappa shape index (κ1) is 17.9. The highest BCUT2D eigenvalue weighted by Gasteiger charge is 2.20. The van der Waals surface area contributed by atoms with Crippen LogP contribution in [0, 0.1) is 0 Å². The number of aryl methyl sites for hydroxylation is 2. The lowest BCUT2D eigenvalue weighted by atomic mass is 10.1. The van der Waals surface area contributed by atoms with E-state index in [0.29, 0.717) is 17.3 Å². The van der Waals surface area contributed by atoms with Crippen LogP contribution in [0.5, 0.6) is 0 Å². The molecule has 3 rings (SSSR count). The zero-order valence-electron chi connectivity index (χ0n) is 15.2. The summed E-state index contributed by atoms with van der Waals surface area (Å²) in [4.78, 5) is 28.5. The molecule has 1 saturated heterocycles. The second-order valence-corrected chi connectivity index (χ2v) is 7.03. The first-order valence-corrected chi connectivity index (χ1v) is 9.32. The smallest absolute Gasteiger partial charge is 0.332 e. The fourth-order valence-electron chi connectivity index (χ4n) is 3.34. The topological polar surface area (TPSA) is 74.3 Å². The Morgan fingerprint density at radius 2 is 1.68 bits per heavy atom. The molecule has 0 bridgehead atoms. The standard InChI is InChI=1S/C18H28N4O3/c1-20-16-15(17(23)21(2)18(20)24)22(13-19-16)11-9-7-5-3-4-6-8-10-14-12-25-14/h13-14H,3-12H2,1-2H3. The Hall–Kier alpha value is -1.89. The van der Waals surface area contributed by atoms with E-state index in [9.17, 15) is 9.59 Å². The van der Waals surface area contributed by atoms with E-state index in [-0.39, 0.29) is 11.2 Å². The Balaban J connectivity index is 1.44. The van der Waals surface area contributed by atoms with Crippen molar-refractivity contribution in [2.75, 3.05) is 6.61 Å². The molecule has 0 aromatic carbocycles. The Kier molecular flexibility index (Phi) is 5.73. The Morgan fingerprint density at radius 3 is 2.36 bits per heavy atom. The molecule has 1 aliphatic heterocycles. The lowest BCUT2D eigenvalue weighted by molar-refractivity contribution is 0.387. The van der Waals surface area contributed by atoms with Crippen LogP contribution in [0.3, 0.4) is 0 Å². The largest absolute Gasteiger partial charge is 0.373 e. The van der Waals surface area contributed by atoms with Gasteiger partial charge in [-0.05, 0) is 12.8 Å². The quantitative estimate of drug-likeness (QED) is 0.486. The molecule has 0 amide bonds. The Bertz CT molecular complexity index is 829. The summed E-state index contributed by atoms with van der Waals surface area (Å²) < 4.78 is 9.67. The van der Waals surface area contributed by atoms with Gasteiger partial charge in [0, 0.05) is 20.6 Å². The van der Waals surface area contributed by atoms with Crippen molar-refractivity contribution < 1.29 is 4.74 Å². The van der Waals surface area contributed by atoms with Crippen molar-refractivity contribution in [1.29, 1.82) is 0 Å². The molecule has 1 unspecified atom stereocenters. The van der Waals surface area contributed by atoms with E-state index in [1.807, 2.05) is 4.57 Å². The average molecular weight is 348 g/mol. The molecule has 7 heteroatoms. The molecule has 1 atom stereocenters. The van der Waals surface area contributed by atoms with Crippen LogP contribution in [-0.4, -0.2) is 31.4 Å². The summed E-state index contributed by atoms with van der Waals surface area (Å²) in [5.74, 6) is 0. The van der Waals surface area contributed by atoms with E-state index in [4.69, 9.17) is 4.74 Å². The van der Waals surface area contributed by atoms with Gasteiger partial charge in [-0.2, -0.15) is 0 Å². The number of nitrogens with zero attached hydrogens (tertiary/aromatic N) is 4. The molecule has 2 aromatic rings. The van der Waals surface area contributed by atoms with Gasteiger partial charge in [-0.1, -0.05) is 38.5 Å². The lowest BCUT2D eigenvalue weighted by Crippen LogP contribution is -2.37. The third-order valence-electron chi connectivity index (χ3n) is 5.04. The molecule has 0 spiro atoms. The van der Waals surface area contributed by atoms with Gasteiger partial charge in [-0.3, -0.25) is 13.9 Å². The van der Waals surface area contributed by atoms with Crippen LogP contribution in [0.1, 0.15) is 51.4 Å². The van der Waals surface area contributed by atoms with Crippen LogP contribution in [-0.2, 0) is 25.4 Å². The first-order valence-electron chi connectivity index (χ1n) is 9.32. The van der Waals surface area contributed by atoms with Gasteiger partial charge in [0.15, 0.2) is 11.2 Å². The number of fused-ring (bicyclic) bond motifs is 1. The minimum atomic E-state index is -0.337. The van der Waals surface area contributed by atoms with E-state index in [2.05, 4.69) is 4.98 Å². The van der Waals surface area contributed by atoms with Gasteiger partial charge in [-0.25, -0.2) is 9.78 Å². The first-order chi connectivity index (χ1) is 12.1. The fourth-order valence-corrected chi connectivity index (χ4v) is 3.34. The highest BCUT2D eigenvalue weighted by molar-refractivity contribution is 5.69. The van der Waals surface area contributed by atoms with E-state index in [1.54, 1.807) is 13.4 Å². The summed E-state index contributed by atoms with van der Waals surface area (Å²) in [7, 11) is 3.16. The van der Waals surface area contributed by atoms with Gasteiger partial charge in [0.05, 0.1) is 19.0 Å². The van der Waals surface area contributed by atoms with Crippen molar-refractivity contribution in [3.05, 3.63) is 27.2 Å². The minimum absolute atomic E-state index is 0.268. The van der Waals surface area contributed by atoms with Gasteiger partial charge in [-0.15, -0.1) is 0 Å². The summed E-state index contributed by atoms with van der Waals surface area (Å²) >= 11 is 0. The van der Waals surface area contributed by atoms with Crippen molar-refractivity contribution in [3.63, 3.8) is 0 Å². The minimum Gasteiger partial charge on any atom is -0.373 e. The summed E-state index contributed by atoms with van der Waals surface area (Å²) in [6.45, 7) is 1.74. The van der Waals surface area contributed by atoms with E-state index >= 15 is 0 Å². The maximum atomic E-state index is 12.4. The van der Waals surface area contributed by atoms with E-state index in [1.165, 1.54) is 50.1 Å². The molecule has 25 heavy (non-hydrogen) atoms. The van der Waals surface area contributed by atoms with Crippen molar-refractivity contribution in [2.45, 2.75) is 64.0 Å².